The molecule has 0 saturated carbocycles. The van der Waals surface area contributed by atoms with E-state index in [0.29, 0.717) is 11.8 Å². The van der Waals surface area contributed by atoms with Crippen molar-refractivity contribution in [3.8, 4) is 0 Å². The number of piperidine rings is 1. The Bertz CT molecular complexity index is 517. The molecule has 0 unspecified atom stereocenters. The van der Waals surface area contributed by atoms with Gasteiger partial charge in [-0.25, -0.2) is 0 Å². The lowest BCUT2D eigenvalue weighted by molar-refractivity contribution is -0.139. The molecule has 0 aliphatic carbocycles. The number of amides is 1. The maximum atomic E-state index is 13.1. The molecule has 0 aromatic carbocycles. The van der Waals surface area contributed by atoms with Gasteiger partial charge in [-0.1, -0.05) is 6.42 Å². The summed E-state index contributed by atoms with van der Waals surface area (Å²) in [5.41, 5.74) is 1.23. The van der Waals surface area contributed by atoms with Crippen molar-refractivity contribution in [2.45, 2.75) is 45.2 Å². The van der Waals surface area contributed by atoms with Crippen LogP contribution in [0.1, 0.15) is 38.2 Å². The third-order valence-electron chi connectivity index (χ3n) is 5.23. The second kappa shape index (κ2) is 8.58. The number of likely N-dealkylation sites (N-methyl/N-ethyl adjacent to an activating group) is 1. The molecule has 2 saturated heterocycles. The van der Waals surface area contributed by atoms with E-state index in [4.69, 9.17) is 4.74 Å². The molecule has 2 atom stereocenters. The van der Waals surface area contributed by atoms with Crippen molar-refractivity contribution in [2.75, 3.05) is 32.8 Å². The van der Waals surface area contributed by atoms with Crippen LogP contribution in [-0.4, -0.2) is 59.6 Å². The van der Waals surface area contributed by atoms with Crippen LogP contribution < -0.4 is 0 Å². The zero-order valence-corrected chi connectivity index (χ0v) is 14.7. The minimum Gasteiger partial charge on any atom is -0.381 e. The van der Waals surface area contributed by atoms with Crippen LogP contribution in [0.5, 0.6) is 0 Å². The molecule has 2 aliphatic heterocycles. The van der Waals surface area contributed by atoms with Crippen molar-refractivity contribution in [3.63, 3.8) is 0 Å². The van der Waals surface area contributed by atoms with Gasteiger partial charge in [-0.3, -0.25) is 14.7 Å². The van der Waals surface area contributed by atoms with Crippen molar-refractivity contribution in [1.29, 1.82) is 0 Å². The van der Waals surface area contributed by atoms with Crippen LogP contribution >= 0.6 is 0 Å². The van der Waals surface area contributed by atoms with Crippen molar-refractivity contribution >= 4 is 5.91 Å². The molecule has 3 heterocycles. The number of hydrogen-bond acceptors (Lipinski definition) is 4. The number of nitrogens with zero attached hydrogens (tertiary/aromatic N) is 3. The quantitative estimate of drug-likeness (QED) is 0.802. The first-order chi connectivity index (χ1) is 11.8. The number of hydrogen-bond donors (Lipinski definition) is 0. The van der Waals surface area contributed by atoms with Gasteiger partial charge >= 0.3 is 0 Å². The number of carbonyl (C=O) groups excluding carboxylic acids is 1. The Balaban J connectivity index is 1.65. The minimum atomic E-state index is 0.0224. The number of likely N-dealkylation sites (tertiary alicyclic amines) is 1. The monoisotopic (exact) mass is 331 g/mol. The number of carbonyl (C=O) groups is 1. The number of rotatable bonds is 6. The molecule has 5 heteroatoms. The van der Waals surface area contributed by atoms with Crippen LogP contribution in [0.4, 0.5) is 0 Å². The fourth-order valence-electron chi connectivity index (χ4n) is 3.81. The molecule has 0 radical (unpaired) electrons. The van der Waals surface area contributed by atoms with Crippen LogP contribution in [0.15, 0.2) is 24.5 Å². The largest absolute Gasteiger partial charge is 0.381 e. The number of pyridine rings is 1. The average Bonchev–Trinajstić information content (AvgIpc) is 3.14. The lowest BCUT2D eigenvalue weighted by Gasteiger charge is -2.38. The molecule has 3 rings (SSSR count). The summed E-state index contributed by atoms with van der Waals surface area (Å²) < 4.78 is 5.47. The van der Waals surface area contributed by atoms with Gasteiger partial charge in [0.15, 0.2) is 0 Å². The first-order valence-corrected chi connectivity index (χ1v) is 9.27. The maximum absolute atomic E-state index is 13.1. The lowest BCUT2D eigenvalue weighted by Crippen LogP contribution is -2.51. The van der Waals surface area contributed by atoms with Crippen molar-refractivity contribution in [3.05, 3.63) is 30.1 Å². The SMILES string of the molecule is CCN(C[C@H]1CCOC1)C(=O)[C@@H]1CCCCN1Cc1ccncc1. The summed E-state index contributed by atoms with van der Waals surface area (Å²) in [6, 6.07) is 4.11. The molecular weight excluding hydrogens is 302 g/mol. The summed E-state index contributed by atoms with van der Waals surface area (Å²) in [5.74, 6) is 0.810. The average molecular weight is 331 g/mol. The van der Waals surface area contributed by atoms with E-state index in [9.17, 15) is 4.79 Å². The molecule has 2 fully saturated rings. The molecule has 0 spiro atoms. The van der Waals surface area contributed by atoms with E-state index in [1.54, 1.807) is 0 Å². The second-order valence-corrected chi connectivity index (χ2v) is 6.94. The molecule has 0 bridgehead atoms. The minimum absolute atomic E-state index is 0.0224. The van der Waals surface area contributed by atoms with Crippen LogP contribution in [0.25, 0.3) is 0 Å². The van der Waals surface area contributed by atoms with Crippen LogP contribution in [-0.2, 0) is 16.1 Å². The summed E-state index contributed by atoms with van der Waals surface area (Å²) in [6.45, 7) is 7.20. The molecule has 1 amide bonds. The Labute approximate surface area is 145 Å². The maximum Gasteiger partial charge on any atom is 0.239 e. The molecule has 5 nitrogen and oxygen atoms in total. The zero-order chi connectivity index (χ0) is 16.8. The fraction of sp³-hybridized carbons (Fsp3) is 0.684. The van der Waals surface area contributed by atoms with Crippen molar-refractivity contribution < 1.29 is 9.53 Å². The molecule has 2 aliphatic rings. The summed E-state index contributed by atoms with van der Waals surface area (Å²) in [5, 5.41) is 0. The predicted molar refractivity (Wildman–Crippen MR) is 93.5 cm³/mol. The summed E-state index contributed by atoms with van der Waals surface area (Å²) in [4.78, 5) is 21.6. The van der Waals surface area contributed by atoms with Gasteiger partial charge in [0.25, 0.3) is 0 Å². The van der Waals surface area contributed by atoms with Gasteiger partial charge in [0.2, 0.25) is 5.91 Å². The molecule has 1 aromatic heterocycles. The molecule has 1 aromatic rings. The standard InChI is InChI=1S/C19H29N3O2/c1-2-21(14-17-8-12-24-15-17)19(23)18-5-3-4-11-22(18)13-16-6-9-20-10-7-16/h6-7,9-10,17-18H,2-5,8,11-15H2,1H3/t17-,18+/m1/s1. The highest BCUT2D eigenvalue weighted by Crippen LogP contribution is 2.23. The highest BCUT2D eigenvalue weighted by Gasteiger charge is 2.32. The smallest absolute Gasteiger partial charge is 0.239 e. The Morgan fingerprint density at radius 3 is 2.88 bits per heavy atom. The van der Waals surface area contributed by atoms with Crippen LogP contribution in [0, 0.1) is 5.92 Å². The third-order valence-corrected chi connectivity index (χ3v) is 5.23. The van der Waals surface area contributed by atoms with E-state index < -0.39 is 0 Å². The van der Waals surface area contributed by atoms with E-state index in [0.717, 1.165) is 58.7 Å². The van der Waals surface area contributed by atoms with Gasteiger partial charge in [0, 0.05) is 44.6 Å². The Kier molecular flexibility index (Phi) is 6.21. The first-order valence-electron chi connectivity index (χ1n) is 9.27. The lowest BCUT2D eigenvalue weighted by atomic mass is 9.99. The molecule has 0 N–H and O–H groups in total. The highest BCUT2D eigenvalue weighted by atomic mass is 16.5. The molecule has 132 valence electrons. The zero-order valence-electron chi connectivity index (χ0n) is 14.7. The highest BCUT2D eigenvalue weighted by molar-refractivity contribution is 5.82. The third kappa shape index (κ3) is 4.33. The predicted octanol–water partition coefficient (Wildman–Crippen LogP) is 2.32. The van der Waals surface area contributed by atoms with Crippen molar-refractivity contribution in [1.82, 2.24) is 14.8 Å². The van der Waals surface area contributed by atoms with Gasteiger partial charge in [-0.05, 0) is 50.4 Å². The van der Waals surface area contributed by atoms with E-state index in [-0.39, 0.29) is 6.04 Å². The van der Waals surface area contributed by atoms with E-state index >= 15 is 0 Å². The van der Waals surface area contributed by atoms with E-state index in [1.807, 2.05) is 24.5 Å². The van der Waals surface area contributed by atoms with Gasteiger partial charge in [-0.15, -0.1) is 0 Å². The van der Waals surface area contributed by atoms with Gasteiger partial charge in [0.05, 0.1) is 12.6 Å². The van der Waals surface area contributed by atoms with Crippen LogP contribution in [0.2, 0.25) is 0 Å². The Morgan fingerprint density at radius 2 is 2.17 bits per heavy atom. The normalized spacial score (nSPS) is 24.9. The molecule has 24 heavy (non-hydrogen) atoms. The first kappa shape index (κ1) is 17.4. The van der Waals surface area contributed by atoms with E-state index in [1.165, 1.54) is 12.0 Å². The van der Waals surface area contributed by atoms with E-state index in [2.05, 4.69) is 21.7 Å². The summed E-state index contributed by atoms with van der Waals surface area (Å²) in [6.07, 6.45) is 8.03. The van der Waals surface area contributed by atoms with Gasteiger partial charge < -0.3 is 9.64 Å². The number of ether oxygens (including phenoxy) is 1. The second-order valence-electron chi connectivity index (χ2n) is 6.94. The Morgan fingerprint density at radius 1 is 1.33 bits per heavy atom. The topological polar surface area (TPSA) is 45.7 Å². The fourth-order valence-corrected chi connectivity index (χ4v) is 3.81. The van der Waals surface area contributed by atoms with Crippen LogP contribution in [0.3, 0.4) is 0 Å². The van der Waals surface area contributed by atoms with Gasteiger partial charge in [-0.2, -0.15) is 0 Å². The Hall–Kier alpha value is -1.46. The number of aromatic nitrogens is 1. The summed E-state index contributed by atoms with van der Waals surface area (Å²) in [7, 11) is 0. The summed E-state index contributed by atoms with van der Waals surface area (Å²) >= 11 is 0. The van der Waals surface area contributed by atoms with Crippen molar-refractivity contribution in [2.24, 2.45) is 5.92 Å². The van der Waals surface area contributed by atoms with Gasteiger partial charge in [0.1, 0.15) is 0 Å². The molecular formula is C19H29N3O2.